The number of nitrogens with one attached hydrogen (secondary N) is 1. The van der Waals surface area contributed by atoms with Crippen molar-refractivity contribution in [1.29, 1.82) is 0 Å². The predicted octanol–water partition coefficient (Wildman–Crippen LogP) is 3.43. The molecule has 26 heavy (non-hydrogen) atoms. The summed E-state index contributed by atoms with van der Waals surface area (Å²) in [5.74, 6) is -0.204. The molecule has 0 spiro atoms. The van der Waals surface area contributed by atoms with Crippen molar-refractivity contribution in [3.05, 3.63) is 64.1 Å². The number of amides is 1. The van der Waals surface area contributed by atoms with Crippen LogP contribution in [0.1, 0.15) is 18.1 Å². The van der Waals surface area contributed by atoms with Gasteiger partial charge in [0.15, 0.2) is 6.61 Å². The summed E-state index contributed by atoms with van der Waals surface area (Å²) in [7, 11) is 0. The summed E-state index contributed by atoms with van der Waals surface area (Å²) in [4.78, 5) is 24.4. The molecule has 0 aliphatic rings. The van der Waals surface area contributed by atoms with E-state index in [4.69, 9.17) is 9.47 Å². The van der Waals surface area contributed by atoms with Crippen molar-refractivity contribution in [2.75, 3.05) is 13.2 Å². The molecule has 1 amide bonds. The fraction of sp³-hybridized carbons (Fsp3) is 0.300. The van der Waals surface area contributed by atoms with Crippen LogP contribution in [-0.4, -0.2) is 31.1 Å². The zero-order valence-corrected chi connectivity index (χ0v) is 16.4. The van der Waals surface area contributed by atoms with Gasteiger partial charge in [0.2, 0.25) is 0 Å². The zero-order chi connectivity index (χ0) is 18.9. The van der Waals surface area contributed by atoms with Crippen molar-refractivity contribution >= 4 is 27.8 Å². The van der Waals surface area contributed by atoms with E-state index in [0.717, 1.165) is 15.6 Å². The molecule has 0 aliphatic heterocycles. The van der Waals surface area contributed by atoms with Gasteiger partial charge in [0.1, 0.15) is 11.8 Å². The van der Waals surface area contributed by atoms with Gasteiger partial charge in [-0.05, 0) is 43.2 Å². The van der Waals surface area contributed by atoms with Crippen molar-refractivity contribution in [2.24, 2.45) is 0 Å². The smallest absolute Gasteiger partial charge is 0.328 e. The maximum absolute atomic E-state index is 12.3. The Bertz CT molecular complexity index is 749. The number of hydrogen-bond acceptors (Lipinski definition) is 4. The Labute approximate surface area is 161 Å². The summed E-state index contributed by atoms with van der Waals surface area (Å²) in [6.07, 6.45) is 0.364. The lowest BCUT2D eigenvalue weighted by Crippen LogP contribution is -2.45. The molecule has 0 fully saturated rings. The molecule has 6 heteroatoms. The molecule has 138 valence electrons. The number of carbonyl (C=O) groups excluding carboxylic acids is 2. The largest absolute Gasteiger partial charge is 0.484 e. The average molecular weight is 420 g/mol. The molecule has 1 atom stereocenters. The van der Waals surface area contributed by atoms with E-state index in [2.05, 4.69) is 21.2 Å². The lowest BCUT2D eigenvalue weighted by Gasteiger charge is -2.18. The van der Waals surface area contributed by atoms with Crippen molar-refractivity contribution in [3.8, 4) is 5.75 Å². The summed E-state index contributed by atoms with van der Waals surface area (Å²) in [6, 6.07) is 14.3. The molecule has 0 aromatic heterocycles. The highest BCUT2D eigenvalue weighted by atomic mass is 79.9. The molecule has 2 aromatic rings. The molecular formula is C20H22BrNO4. The van der Waals surface area contributed by atoms with Gasteiger partial charge in [-0.25, -0.2) is 4.79 Å². The van der Waals surface area contributed by atoms with Crippen LogP contribution in [0.3, 0.4) is 0 Å². The molecule has 0 heterocycles. The highest BCUT2D eigenvalue weighted by Gasteiger charge is 2.22. The molecule has 0 saturated heterocycles. The van der Waals surface area contributed by atoms with Crippen molar-refractivity contribution in [2.45, 2.75) is 26.3 Å². The Morgan fingerprint density at radius 3 is 2.54 bits per heavy atom. The second-order valence-corrected chi connectivity index (χ2v) is 6.68. The summed E-state index contributed by atoms with van der Waals surface area (Å²) >= 11 is 3.38. The van der Waals surface area contributed by atoms with E-state index in [9.17, 15) is 9.59 Å². The summed E-state index contributed by atoms with van der Waals surface area (Å²) in [5.41, 5.74) is 1.86. The quantitative estimate of drug-likeness (QED) is 0.665. The fourth-order valence-electron chi connectivity index (χ4n) is 2.44. The predicted molar refractivity (Wildman–Crippen MR) is 103 cm³/mol. The summed E-state index contributed by atoms with van der Waals surface area (Å²) < 4.78 is 11.6. The van der Waals surface area contributed by atoms with Crippen LogP contribution in [0.25, 0.3) is 0 Å². The van der Waals surface area contributed by atoms with Crippen molar-refractivity contribution in [1.82, 2.24) is 5.32 Å². The van der Waals surface area contributed by atoms with Gasteiger partial charge in [0.25, 0.3) is 5.91 Å². The van der Waals surface area contributed by atoms with E-state index in [1.165, 1.54) is 0 Å². The van der Waals surface area contributed by atoms with Crippen LogP contribution in [0.4, 0.5) is 0 Å². The minimum absolute atomic E-state index is 0.173. The van der Waals surface area contributed by atoms with E-state index < -0.39 is 12.0 Å². The minimum atomic E-state index is -0.750. The molecular weight excluding hydrogens is 398 g/mol. The molecule has 2 aromatic carbocycles. The lowest BCUT2D eigenvalue weighted by molar-refractivity contribution is -0.147. The number of halogens is 1. The number of esters is 1. The van der Waals surface area contributed by atoms with Gasteiger partial charge in [-0.3, -0.25) is 4.79 Å². The third kappa shape index (κ3) is 6.19. The number of ether oxygens (including phenoxy) is 2. The summed E-state index contributed by atoms with van der Waals surface area (Å²) in [5, 5.41) is 2.70. The van der Waals surface area contributed by atoms with Crippen LogP contribution in [-0.2, 0) is 20.7 Å². The highest BCUT2D eigenvalue weighted by Crippen LogP contribution is 2.22. The van der Waals surface area contributed by atoms with Crippen LogP contribution in [0.5, 0.6) is 5.75 Å². The number of hydrogen-bond donors (Lipinski definition) is 1. The van der Waals surface area contributed by atoms with Gasteiger partial charge in [-0.1, -0.05) is 46.3 Å². The third-order valence-corrected chi connectivity index (χ3v) is 4.18. The first-order valence-electron chi connectivity index (χ1n) is 8.38. The Kier molecular flexibility index (Phi) is 7.66. The van der Waals surface area contributed by atoms with Crippen molar-refractivity contribution in [3.63, 3.8) is 0 Å². The minimum Gasteiger partial charge on any atom is -0.484 e. The first-order valence-corrected chi connectivity index (χ1v) is 9.17. The SMILES string of the molecule is CCOC(=O)C(Cc1ccccc1)NC(=O)COc1ccc(Br)cc1C. The monoisotopic (exact) mass is 419 g/mol. The Morgan fingerprint density at radius 1 is 1.15 bits per heavy atom. The maximum Gasteiger partial charge on any atom is 0.328 e. The van der Waals surface area contributed by atoms with Gasteiger partial charge in [0, 0.05) is 10.9 Å². The van der Waals surface area contributed by atoms with Gasteiger partial charge in [-0.15, -0.1) is 0 Å². The molecule has 0 aliphatic carbocycles. The average Bonchev–Trinajstić information content (AvgIpc) is 2.61. The molecule has 0 bridgehead atoms. The van der Waals surface area contributed by atoms with Crippen LogP contribution in [0.2, 0.25) is 0 Å². The second kappa shape index (κ2) is 9.97. The van der Waals surface area contributed by atoms with E-state index in [1.54, 1.807) is 13.0 Å². The van der Waals surface area contributed by atoms with Gasteiger partial charge in [0.05, 0.1) is 6.61 Å². The van der Waals surface area contributed by atoms with Gasteiger partial charge >= 0.3 is 5.97 Å². The van der Waals surface area contributed by atoms with Crippen LogP contribution in [0.15, 0.2) is 53.0 Å². The Hall–Kier alpha value is -2.34. The van der Waals surface area contributed by atoms with Crippen LogP contribution < -0.4 is 10.1 Å². The van der Waals surface area contributed by atoms with E-state index in [0.29, 0.717) is 12.2 Å². The molecule has 0 radical (unpaired) electrons. The molecule has 0 saturated carbocycles. The van der Waals surface area contributed by atoms with Crippen molar-refractivity contribution < 1.29 is 19.1 Å². The lowest BCUT2D eigenvalue weighted by atomic mass is 10.1. The second-order valence-electron chi connectivity index (χ2n) is 5.76. The normalized spacial score (nSPS) is 11.5. The molecule has 5 nitrogen and oxygen atoms in total. The Morgan fingerprint density at radius 2 is 1.88 bits per heavy atom. The maximum atomic E-state index is 12.3. The van der Waals surface area contributed by atoms with Crippen LogP contribution >= 0.6 is 15.9 Å². The standard InChI is InChI=1S/C20H22BrNO4/c1-3-25-20(24)17(12-15-7-5-4-6-8-15)22-19(23)13-26-18-10-9-16(21)11-14(18)2/h4-11,17H,3,12-13H2,1-2H3,(H,22,23). The first-order chi connectivity index (χ1) is 12.5. The number of carbonyl (C=O) groups is 2. The van der Waals surface area contributed by atoms with Crippen LogP contribution in [0, 0.1) is 6.92 Å². The number of benzene rings is 2. The number of rotatable bonds is 8. The molecule has 1 N–H and O–H groups in total. The zero-order valence-electron chi connectivity index (χ0n) is 14.8. The molecule has 1 unspecified atom stereocenters. The van der Waals surface area contributed by atoms with E-state index in [-0.39, 0.29) is 19.1 Å². The topological polar surface area (TPSA) is 64.6 Å². The number of aryl methyl sites for hydroxylation is 1. The third-order valence-electron chi connectivity index (χ3n) is 3.68. The molecule has 2 rings (SSSR count). The van der Waals surface area contributed by atoms with Gasteiger partial charge < -0.3 is 14.8 Å². The Balaban J connectivity index is 1.97. The first kappa shape index (κ1) is 20.0. The fourth-order valence-corrected chi connectivity index (χ4v) is 2.92. The van der Waals surface area contributed by atoms with E-state index in [1.807, 2.05) is 49.4 Å². The highest BCUT2D eigenvalue weighted by molar-refractivity contribution is 9.10. The summed E-state index contributed by atoms with van der Waals surface area (Å²) in [6.45, 7) is 3.72. The van der Waals surface area contributed by atoms with Gasteiger partial charge in [-0.2, -0.15) is 0 Å². The van der Waals surface area contributed by atoms with E-state index >= 15 is 0 Å².